The Morgan fingerprint density at radius 1 is 1.10 bits per heavy atom. The number of nitrogens with one attached hydrogen (secondary N) is 5. The van der Waals surface area contributed by atoms with E-state index in [0.717, 1.165) is 29.5 Å². The molecular formula is C22H25N7O2. The molecule has 2 aliphatic rings. The van der Waals surface area contributed by atoms with Crippen LogP contribution in [0.1, 0.15) is 37.2 Å². The summed E-state index contributed by atoms with van der Waals surface area (Å²) in [5.74, 6) is -0.0718. The van der Waals surface area contributed by atoms with Crippen molar-refractivity contribution in [1.82, 2.24) is 31.1 Å². The van der Waals surface area contributed by atoms with Gasteiger partial charge in [0.1, 0.15) is 17.4 Å². The SMILES string of the molecule is CC1NNC(C(=O)Nc2cnc3[nH]c(-c4ccnc(C(=O)NC5CC5)c4)cc3c2)C1C. The summed E-state index contributed by atoms with van der Waals surface area (Å²) in [6.45, 7) is 4.08. The number of carbonyl (C=O) groups is 2. The highest BCUT2D eigenvalue weighted by Gasteiger charge is 2.34. The number of aromatic nitrogens is 3. The summed E-state index contributed by atoms with van der Waals surface area (Å²) in [6.07, 6.45) is 5.33. The molecule has 3 aromatic rings. The third-order valence-corrected chi connectivity index (χ3v) is 6.02. The van der Waals surface area contributed by atoms with Gasteiger partial charge in [0.05, 0.1) is 11.9 Å². The van der Waals surface area contributed by atoms with E-state index in [1.807, 2.05) is 32.0 Å². The number of fused-ring (bicyclic) bond motifs is 1. The zero-order valence-electron chi connectivity index (χ0n) is 17.4. The lowest BCUT2D eigenvalue weighted by molar-refractivity contribution is -0.118. The number of H-pyrrole nitrogens is 1. The summed E-state index contributed by atoms with van der Waals surface area (Å²) < 4.78 is 0. The number of hydrogen-bond donors (Lipinski definition) is 5. The predicted molar refractivity (Wildman–Crippen MR) is 117 cm³/mol. The molecular weight excluding hydrogens is 394 g/mol. The number of carbonyl (C=O) groups excluding carboxylic acids is 2. The number of amides is 2. The summed E-state index contributed by atoms with van der Waals surface area (Å²) in [7, 11) is 0. The topological polar surface area (TPSA) is 124 Å². The van der Waals surface area contributed by atoms with Crippen LogP contribution in [0.3, 0.4) is 0 Å². The van der Waals surface area contributed by atoms with Crippen molar-refractivity contribution in [2.24, 2.45) is 5.92 Å². The molecule has 1 aliphatic heterocycles. The van der Waals surface area contributed by atoms with Crippen molar-refractivity contribution < 1.29 is 9.59 Å². The molecule has 0 spiro atoms. The molecule has 3 aromatic heterocycles. The zero-order chi connectivity index (χ0) is 21.5. The molecule has 0 bridgehead atoms. The fraction of sp³-hybridized carbons (Fsp3) is 0.364. The zero-order valence-corrected chi connectivity index (χ0v) is 17.4. The van der Waals surface area contributed by atoms with Gasteiger partial charge in [-0.3, -0.25) is 20.0 Å². The van der Waals surface area contributed by atoms with Gasteiger partial charge in [-0.1, -0.05) is 6.92 Å². The first-order valence-corrected chi connectivity index (χ1v) is 10.6. The Kier molecular flexibility index (Phi) is 4.91. The van der Waals surface area contributed by atoms with Gasteiger partial charge in [-0.05, 0) is 49.9 Å². The average molecular weight is 419 g/mol. The minimum atomic E-state index is -0.301. The van der Waals surface area contributed by atoms with Crippen LogP contribution < -0.4 is 21.5 Å². The molecule has 3 unspecified atom stereocenters. The number of hydrazine groups is 1. The summed E-state index contributed by atoms with van der Waals surface area (Å²) in [4.78, 5) is 36.8. The lowest BCUT2D eigenvalue weighted by Gasteiger charge is -2.15. The Balaban J connectivity index is 1.35. The molecule has 9 heteroatoms. The quantitative estimate of drug-likeness (QED) is 0.431. The number of nitrogens with zero attached hydrogens (tertiary/aromatic N) is 2. The molecule has 0 aromatic carbocycles. The monoisotopic (exact) mass is 419 g/mol. The molecule has 31 heavy (non-hydrogen) atoms. The molecule has 3 atom stereocenters. The maximum Gasteiger partial charge on any atom is 0.270 e. The highest BCUT2D eigenvalue weighted by Crippen LogP contribution is 2.26. The van der Waals surface area contributed by atoms with E-state index in [2.05, 4.69) is 36.4 Å². The molecule has 2 fully saturated rings. The smallest absolute Gasteiger partial charge is 0.270 e. The van der Waals surface area contributed by atoms with Crippen LogP contribution >= 0.6 is 0 Å². The van der Waals surface area contributed by atoms with Crippen molar-refractivity contribution in [3.8, 4) is 11.3 Å². The molecule has 2 amide bonds. The Hall–Kier alpha value is -3.30. The van der Waals surface area contributed by atoms with Gasteiger partial charge in [-0.25, -0.2) is 10.4 Å². The van der Waals surface area contributed by atoms with Crippen LogP contribution in [0.15, 0.2) is 36.7 Å². The van der Waals surface area contributed by atoms with Crippen LogP contribution in [0.5, 0.6) is 0 Å². The van der Waals surface area contributed by atoms with E-state index in [1.54, 1.807) is 18.5 Å². The van der Waals surface area contributed by atoms with E-state index in [9.17, 15) is 9.59 Å². The van der Waals surface area contributed by atoms with Crippen molar-refractivity contribution in [2.75, 3.05) is 5.32 Å². The summed E-state index contributed by atoms with van der Waals surface area (Å²) in [5.41, 5.74) is 9.56. The fourth-order valence-corrected chi connectivity index (χ4v) is 3.75. The highest BCUT2D eigenvalue weighted by atomic mass is 16.2. The van der Waals surface area contributed by atoms with Gasteiger partial charge in [0.15, 0.2) is 0 Å². The predicted octanol–water partition coefficient (Wildman–Crippen LogP) is 1.96. The van der Waals surface area contributed by atoms with E-state index >= 15 is 0 Å². The number of pyridine rings is 2. The number of rotatable bonds is 5. The van der Waals surface area contributed by atoms with E-state index in [0.29, 0.717) is 17.0 Å². The molecule has 1 saturated heterocycles. The van der Waals surface area contributed by atoms with Gasteiger partial charge >= 0.3 is 0 Å². The van der Waals surface area contributed by atoms with Crippen LogP contribution in [-0.4, -0.2) is 44.9 Å². The van der Waals surface area contributed by atoms with E-state index in [4.69, 9.17) is 0 Å². The van der Waals surface area contributed by atoms with Crippen molar-refractivity contribution in [3.63, 3.8) is 0 Å². The maximum atomic E-state index is 12.6. The summed E-state index contributed by atoms with van der Waals surface area (Å²) in [6, 6.07) is 7.67. The third kappa shape index (κ3) is 4.01. The summed E-state index contributed by atoms with van der Waals surface area (Å²) >= 11 is 0. The molecule has 160 valence electrons. The van der Waals surface area contributed by atoms with E-state index in [1.165, 1.54) is 0 Å². The first-order chi connectivity index (χ1) is 15.0. The van der Waals surface area contributed by atoms with Gasteiger partial charge in [-0.2, -0.15) is 0 Å². The second kappa shape index (κ2) is 7.75. The van der Waals surface area contributed by atoms with Gasteiger partial charge in [0.25, 0.3) is 5.91 Å². The molecule has 1 aliphatic carbocycles. The molecule has 9 nitrogen and oxygen atoms in total. The molecule has 4 heterocycles. The lowest BCUT2D eigenvalue weighted by Crippen LogP contribution is -2.41. The first kappa shape index (κ1) is 19.7. The largest absolute Gasteiger partial charge is 0.348 e. The Morgan fingerprint density at radius 3 is 2.68 bits per heavy atom. The Labute approximate surface area is 179 Å². The lowest BCUT2D eigenvalue weighted by atomic mass is 9.97. The minimum Gasteiger partial charge on any atom is -0.348 e. The fourth-order valence-electron chi connectivity index (χ4n) is 3.75. The maximum absolute atomic E-state index is 12.6. The van der Waals surface area contributed by atoms with Crippen molar-refractivity contribution in [3.05, 3.63) is 42.4 Å². The van der Waals surface area contributed by atoms with E-state index < -0.39 is 0 Å². The Morgan fingerprint density at radius 2 is 1.94 bits per heavy atom. The van der Waals surface area contributed by atoms with Gasteiger partial charge in [0.2, 0.25) is 5.91 Å². The van der Waals surface area contributed by atoms with Gasteiger partial charge in [-0.15, -0.1) is 0 Å². The minimum absolute atomic E-state index is 0.0956. The van der Waals surface area contributed by atoms with Crippen LogP contribution in [-0.2, 0) is 4.79 Å². The van der Waals surface area contributed by atoms with Gasteiger partial charge in [0, 0.05) is 34.9 Å². The molecule has 5 N–H and O–H groups in total. The highest BCUT2D eigenvalue weighted by molar-refractivity contribution is 5.97. The molecule has 5 rings (SSSR count). The van der Waals surface area contributed by atoms with Crippen LogP contribution in [0.4, 0.5) is 5.69 Å². The first-order valence-electron chi connectivity index (χ1n) is 10.6. The normalized spacial score (nSPS) is 23.1. The Bertz CT molecular complexity index is 1150. The molecule has 0 radical (unpaired) electrons. The van der Waals surface area contributed by atoms with Crippen LogP contribution in [0.2, 0.25) is 0 Å². The van der Waals surface area contributed by atoms with Crippen LogP contribution in [0.25, 0.3) is 22.3 Å². The standard InChI is InChI=1S/C22H25N7O2/c1-11-12(2)28-29-19(11)22(31)26-16-7-14-9-17(27-20(14)24-10-16)13-5-6-23-18(8-13)21(30)25-15-3-4-15/h5-12,15,19,28-29H,3-4H2,1-2H3,(H,24,27)(H,25,30)(H,26,31). The number of aromatic amines is 1. The van der Waals surface area contributed by atoms with E-state index in [-0.39, 0.29) is 35.9 Å². The van der Waals surface area contributed by atoms with Crippen LogP contribution in [0, 0.1) is 5.92 Å². The number of hydrogen-bond acceptors (Lipinski definition) is 6. The van der Waals surface area contributed by atoms with Crippen molar-refractivity contribution in [1.29, 1.82) is 0 Å². The second-order valence-corrected chi connectivity index (χ2v) is 8.43. The second-order valence-electron chi connectivity index (χ2n) is 8.43. The van der Waals surface area contributed by atoms with Crippen molar-refractivity contribution in [2.45, 2.75) is 44.8 Å². The van der Waals surface area contributed by atoms with Crippen molar-refractivity contribution >= 4 is 28.5 Å². The molecule has 1 saturated carbocycles. The van der Waals surface area contributed by atoms with Gasteiger partial charge < -0.3 is 15.6 Å². The third-order valence-electron chi connectivity index (χ3n) is 6.02. The summed E-state index contributed by atoms with van der Waals surface area (Å²) in [5, 5.41) is 6.77. The average Bonchev–Trinajstić information content (AvgIpc) is 3.37. The number of anilines is 1.